The maximum absolute atomic E-state index is 12.5. The molecule has 2 heterocycles. The van der Waals surface area contributed by atoms with Crippen molar-refractivity contribution in [1.82, 2.24) is 9.80 Å². The molecule has 2 N–H and O–H groups in total. The van der Waals surface area contributed by atoms with E-state index >= 15 is 0 Å². The van der Waals surface area contributed by atoms with E-state index < -0.39 is 17.6 Å². The van der Waals surface area contributed by atoms with Gasteiger partial charge >= 0.3 is 12.0 Å². The number of carboxylic acids is 1. The number of hydrogen-bond acceptors (Lipinski definition) is 3. The van der Waals surface area contributed by atoms with Crippen LogP contribution in [-0.4, -0.2) is 63.3 Å². The van der Waals surface area contributed by atoms with Crippen LogP contribution in [0.25, 0.3) is 0 Å². The Bertz CT molecular complexity index is 397. The summed E-state index contributed by atoms with van der Waals surface area (Å²) in [7, 11) is 0. The lowest BCUT2D eigenvalue weighted by molar-refractivity contribution is -0.144. The van der Waals surface area contributed by atoms with E-state index in [4.69, 9.17) is 0 Å². The van der Waals surface area contributed by atoms with Crippen molar-refractivity contribution in [3.63, 3.8) is 0 Å². The van der Waals surface area contributed by atoms with Gasteiger partial charge in [0.1, 0.15) is 6.04 Å². The number of carboxylic acid groups (broad SMARTS) is 1. The van der Waals surface area contributed by atoms with E-state index in [0.29, 0.717) is 31.8 Å². The van der Waals surface area contributed by atoms with Gasteiger partial charge in [-0.15, -0.1) is 0 Å². The van der Waals surface area contributed by atoms with Gasteiger partial charge < -0.3 is 20.0 Å². The van der Waals surface area contributed by atoms with E-state index in [1.807, 2.05) is 0 Å². The Morgan fingerprint density at radius 1 is 1.35 bits per heavy atom. The fraction of sp³-hybridized carbons (Fsp3) is 0.857. The lowest BCUT2D eigenvalue weighted by Crippen LogP contribution is -2.54. The Balaban J connectivity index is 2.06. The van der Waals surface area contributed by atoms with Gasteiger partial charge in [-0.2, -0.15) is 0 Å². The summed E-state index contributed by atoms with van der Waals surface area (Å²) >= 11 is 0. The van der Waals surface area contributed by atoms with E-state index in [2.05, 4.69) is 6.92 Å². The number of aliphatic hydroxyl groups is 1. The molecule has 0 bridgehead atoms. The normalized spacial score (nSPS) is 34.4. The number of likely N-dealkylation sites (tertiary alicyclic amines) is 2. The van der Waals surface area contributed by atoms with Crippen molar-refractivity contribution in [2.45, 2.75) is 51.2 Å². The summed E-state index contributed by atoms with van der Waals surface area (Å²) in [4.78, 5) is 26.9. The molecule has 0 aromatic heterocycles. The van der Waals surface area contributed by atoms with Crippen LogP contribution in [0.5, 0.6) is 0 Å². The van der Waals surface area contributed by atoms with Gasteiger partial charge in [0.05, 0.1) is 12.1 Å². The minimum absolute atomic E-state index is 0.246. The molecule has 2 aliphatic heterocycles. The van der Waals surface area contributed by atoms with Crippen LogP contribution >= 0.6 is 0 Å². The molecule has 3 unspecified atom stereocenters. The largest absolute Gasteiger partial charge is 0.480 e. The highest BCUT2D eigenvalue weighted by Crippen LogP contribution is 2.28. The monoisotopic (exact) mass is 284 g/mol. The second-order valence-corrected chi connectivity index (χ2v) is 6.30. The van der Waals surface area contributed by atoms with Crippen molar-refractivity contribution in [1.29, 1.82) is 0 Å². The first-order valence-corrected chi connectivity index (χ1v) is 7.35. The van der Waals surface area contributed by atoms with Crippen LogP contribution in [0.1, 0.15) is 39.5 Å². The number of piperidine rings is 1. The summed E-state index contributed by atoms with van der Waals surface area (Å²) in [6.45, 7) is 5.03. The summed E-state index contributed by atoms with van der Waals surface area (Å²) in [5.41, 5.74) is -0.851. The molecule has 6 heteroatoms. The predicted octanol–water partition coefficient (Wildman–Crippen LogP) is 1.14. The van der Waals surface area contributed by atoms with Crippen molar-refractivity contribution >= 4 is 12.0 Å². The Kier molecular flexibility index (Phi) is 4.22. The van der Waals surface area contributed by atoms with Gasteiger partial charge in [0.2, 0.25) is 0 Å². The predicted molar refractivity (Wildman–Crippen MR) is 73.4 cm³/mol. The second kappa shape index (κ2) is 5.60. The SMILES string of the molecule is CCC1CCN(C(=O)N2CCC(C)(O)C2)C(C(=O)O)C1. The molecule has 114 valence electrons. The Labute approximate surface area is 119 Å². The topological polar surface area (TPSA) is 81.1 Å². The average Bonchev–Trinajstić information content (AvgIpc) is 2.77. The molecule has 2 rings (SSSR count). The van der Waals surface area contributed by atoms with E-state index in [9.17, 15) is 19.8 Å². The van der Waals surface area contributed by atoms with Crippen LogP contribution in [-0.2, 0) is 4.79 Å². The lowest BCUT2D eigenvalue weighted by Gasteiger charge is -2.39. The molecule has 2 amide bonds. The molecule has 0 saturated carbocycles. The molecule has 0 aliphatic carbocycles. The van der Waals surface area contributed by atoms with Crippen LogP contribution in [0.15, 0.2) is 0 Å². The van der Waals surface area contributed by atoms with Crippen molar-refractivity contribution in [3.8, 4) is 0 Å². The number of rotatable bonds is 2. The van der Waals surface area contributed by atoms with E-state index in [1.165, 1.54) is 4.90 Å². The number of nitrogens with zero attached hydrogens (tertiary/aromatic N) is 2. The van der Waals surface area contributed by atoms with Gasteiger partial charge in [-0.25, -0.2) is 9.59 Å². The van der Waals surface area contributed by atoms with Crippen LogP contribution in [0.4, 0.5) is 4.79 Å². The highest BCUT2D eigenvalue weighted by atomic mass is 16.4. The second-order valence-electron chi connectivity index (χ2n) is 6.30. The fourth-order valence-electron chi connectivity index (χ4n) is 3.16. The Morgan fingerprint density at radius 2 is 2.05 bits per heavy atom. The highest BCUT2D eigenvalue weighted by molar-refractivity contribution is 5.83. The molecular weight excluding hydrogens is 260 g/mol. The van der Waals surface area contributed by atoms with E-state index in [0.717, 1.165) is 12.8 Å². The molecule has 0 radical (unpaired) electrons. The molecule has 20 heavy (non-hydrogen) atoms. The van der Waals surface area contributed by atoms with Gasteiger partial charge in [-0.3, -0.25) is 0 Å². The number of aliphatic carboxylic acids is 1. The van der Waals surface area contributed by atoms with E-state index in [-0.39, 0.29) is 12.6 Å². The smallest absolute Gasteiger partial charge is 0.326 e. The minimum atomic E-state index is -0.928. The molecule has 0 spiro atoms. The van der Waals surface area contributed by atoms with Crippen molar-refractivity contribution in [3.05, 3.63) is 0 Å². The third kappa shape index (κ3) is 3.06. The maximum Gasteiger partial charge on any atom is 0.326 e. The summed E-state index contributed by atoms with van der Waals surface area (Å²) in [5, 5.41) is 19.3. The number of hydrogen-bond donors (Lipinski definition) is 2. The molecule has 3 atom stereocenters. The highest BCUT2D eigenvalue weighted by Gasteiger charge is 2.41. The molecule has 2 fully saturated rings. The zero-order chi connectivity index (χ0) is 14.9. The van der Waals surface area contributed by atoms with Gasteiger partial charge in [0, 0.05) is 13.1 Å². The van der Waals surface area contributed by atoms with Crippen LogP contribution < -0.4 is 0 Å². The molecular formula is C14H24N2O4. The summed E-state index contributed by atoms with van der Waals surface area (Å²) in [6.07, 6.45) is 2.88. The number of amides is 2. The number of β-amino-alcohol motifs (C(OH)–C–C–N with tert-alkyl or cyclic N) is 1. The van der Waals surface area contributed by atoms with Crippen molar-refractivity contribution < 1.29 is 19.8 Å². The van der Waals surface area contributed by atoms with Crippen LogP contribution in [0.2, 0.25) is 0 Å². The lowest BCUT2D eigenvalue weighted by atomic mass is 9.89. The van der Waals surface area contributed by atoms with Crippen LogP contribution in [0, 0.1) is 5.92 Å². The molecule has 0 aromatic carbocycles. The third-order valence-electron chi connectivity index (χ3n) is 4.54. The first-order valence-electron chi connectivity index (χ1n) is 7.35. The van der Waals surface area contributed by atoms with Gasteiger partial charge in [-0.05, 0) is 32.1 Å². The van der Waals surface area contributed by atoms with Crippen LogP contribution in [0.3, 0.4) is 0 Å². The quantitative estimate of drug-likeness (QED) is 0.796. The number of carbonyl (C=O) groups excluding carboxylic acids is 1. The Morgan fingerprint density at radius 3 is 2.55 bits per heavy atom. The first-order chi connectivity index (χ1) is 9.34. The van der Waals surface area contributed by atoms with Crippen molar-refractivity contribution in [2.24, 2.45) is 5.92 Å². The van der Waals surface area contributed by atoms with Crippen molar-refractivity contribution in [2.75, 3.05) is 19.6 Å². The zero-order valence-electron chi connectivity index (χ0n) is 12.2. The fourth-order valence-corrected chi connectivity index (χ4v) is 3.16. The molecule has 6 nitrogen and oxygen atoms in total. The summed E-state index contributed by atoms with van der Waals surface area (Å²) in [6, 6.07) is -0.975. The summed E-state index contributed by atoms with van der Waals surface area (Å²) in [5.74, 6) is -0.552. The van der Waals surface area contributed by atoms with Gasteiger partial charge in [0.15, 0.2) is 0 Å². The number of carbonyl (C=O) groups is 2. The summed E-state index contributed by atoms with van der Waals surface area (Å²) < 4.78 is 0. The standard InChI is InChI=1S/C14H24N2O4/c1-3-10-4-6-16(11(8-10)12(17)18)13(19)15-7-5-14(2,20)9-15/h10-11,20H,3-9H2,1-2H3,(H,17,18). The molecule has 2 saturated heterocycles. The van der Waals surface area contributed by atoms with Gasteiger partial charge in [0.25, 0.3) is 0 Å². The zero-order valence-corrected chi connectivity index (χ0v) is 12.2. The third-order valence-corrected chi connectivity index (χ3v) is 4.54. The average molecular weight is 284 g/mol. The first kappa shape index (κ1) is 15.1. The minimum Gasteiger partial charge on any atom is -0.480 e. The molecule has 0 aromatic rings. The Hall–Kier alpha value is -1.30. The maximum atomic E-state index is 12.5. The van der Waals surface area contributed by atoms with E-state index in [1.54, 1.807) is 11.8 Å². The number of urea groups is 1. The molecule has 2 aliphatic rings. The van der Waals surface area contributed by atoms with Gasteiger partial charge in [-0.1, -0.05) is 13.3 Å².